The topological polar surface area (TPSA) is 152 Å². The second-order valence-corrected chi connectivity index (χ2v) is 14.1. The normalized spacial score (nSPS) is 12.1. The Kier molecular flexibility index (Phi) is 11.6. The van der Waals surface area contributed by atoms with Gasteiger partial charge in [-0.15, -0.1) is 5.11 Å². The molecule has 0 fully saturated rings. The molecule has 5 rings (SSSR count). The lowest BCUT2D eigenvalue weighted by molar-refractivity contribution is -0.122. The van der Waals surface area contributed by atoms with Gasteiger partial charge in [0.2, 0.25) is 0 Å². The second kappa shape index (κ2) is 15.8. The summed E-state index contributed by atoms with van der Waals surface area (Å²) in [5, 5.41) is 28.4. The van der Waals surface area contributed by atoms with Crippen LogP contribution in [0.5, 0.6) is 23.0 Å². The Morgan fingerprint density at radius 2 is 1.58 bits per heavy atom. The fraction of sp³-hybridized carbons (Fsp3) is 0.222. The Bertz CT molecular complexity index is 2210. The van der Waals surface area contributed by atoms with Crippen LogP contribution < -0.4 is 30.4 Å². The Balaban J connectivity index is 1.46. The highest BCUT2D eigenvalue weighted by Crippen LogP contribution is 2.37. The molecule has 0 saturated heterocycles. The number of anilines is 3. The predicted octanol–water partition coefficient (Wildman–Crippen LogP) is 10.4. The molecule has 12 nitrogen and oxygen atoms in total. The number of aromatic hydroxyl groups is 1. The third kappa shape index (κ3) is 8.59. The average molecular weight is 789 g/mol. The van der Waals surface area contributed by atoms with E-state index in [2.05, 4.69) is 26.0 Å². The molecule has 0 aliphatic carbocycles. The number of phenols is 1. The first-order valence-corrected chi connectivity index (χ1v) is 17.1. The summed E-state index contributed by atoms with van der Waals surface area (Å²) in [6, 6.07) is 17.3. The number of hydrogen-bond acceptors (Lipinski definition) is 9. The van der Waals surface area contributed by atoms with Gasteiger partial charge < -0.3 is 30.0 Å². The summed E-state index contributed by atoms with van der Waals surface area (Å²) in [5.74, 6) is 1.08. The molecule has 0 spiro atoms. The van der Waals surface area contributed by atoms with Crippen LogP contribution in [0.4, 0.5) is 28.6 Å². The van der Waals surface area contributed by atoms with Crippen molar-refractivity contribution in [1.82, 2.24) is 9.78 Å². The van der Waals surface area contributed by atoms with E-state index in [9.17, 15) is 14.7 Å². The van der Waals surface area contributed by atoms with E-state index >= 15 is 0 Å². The Hall–Kier alpha value is -4.88. The smallest absolute Gasteiger partial charge is 0.301 e. The summed E-state index contributed by atoms with van der Waals surface area (Å²) < 4.78 is 17.7. The zero-order chi connectivity index (χ0) is 37.9. The van der Waals surface area contributed by atoms with Crippen molar-refractivity contribution in [3.8, 4) is 28.7 Å². The number of carbonyl (C=O) groups excluding carboxylic acids is 1. The maximum Gasteiger partial charge on any atom is 0.301 e. The Morgan fingerprint density at radius 1 is 0.885 bits per heavy atom. The fourth-order valence-electron chi connectivity index (χ4n) is 5.03. The lowest BCUT2D eigenvalue weighted by Crippen LogP contribution is -2.30. The molecule has 4 N–H and O–H groups in total. The van der Waals surface area contributed by atoms with Crippen molar-refractivity contribution >= 4 is 80.9 Å². The molecule has 1 heterocycles. The number of methoxy groups -OCH3 is 2. The number of aromatic amines is 1. The van der Waals surface area contributed by atoms with Gasteiger partial charge >= 0.3 is 5.56 Å². The van der Waals surface area contributed by atoms with E-state index < -0.39 is 17.6 Å². The first-order chi connectivity index (χ1) is 24.6. The van der Waals surface area contributed by atoms with Gasteiger partial charge in [-0.3, -0.25) is 14.7 Å². The molecular formula is C36H34Cl4N6O6. The Labute approximate surface area is 319 Å². The SMILES string of the molecule is COc1ccc(N=Nc2c(Nc3cc(NC(=O)C(C)Oc4ccc(O)c(C(C)(C)C)c4)ccc3Cl)[nH]n(-c3c(Cl)cc(Cl)cc3Cl)c2=O)cc1OC. The summed E-state index contributed by atoms with van der Waals surface area (Å²) >= 11 is 25.6. The van der Waals surface area contributed by atoms with Crippen molar-refractivity contribution in [3.63, 3.8) is 0 Å². The summed E-state index contributed by atoms with van der Waals surface area (Å²) in [6.07, 6.45) is -0.910. The zero-order valence-electron chi connectivity index (χ0n) is 28.8. The van der Waals surface area contributed by atoms with Crippen molar-refractivity contribution in [2.75, 3.05) is 24.9 Å². The number of H-pyrrole nitrogens is 1. The number of amides is 1. The number of halogens is 4. The van der Waals surface area contributed by atoms with Crippen molar-refractivity contribution in [3.05, 3.63) is 103 Å². The summed E-state index contributed by atoms with van der Waals surface area (Å²) in [4.78, 5) is 27.1. The van der Waals surface area contributed by atoms with Crippen LogP contribution >= 0.6 is 46.4 Å². The van der Waals surface area contributed by atoms with Gasteiger partial charge in [-0.25, -0.2) is 4.68 Å². The van der Waals surface area contributed by atoms with Gasteiger partial charge in [-0.1, -0.05) is 67.2 Å². The van der Waals surface area contributed by atoms with Gasteiger partial charge in [0.1, 0.15) is 17.2 Å². The molecule has 1 atom stereocenters. The van der Waals surface area contributed by atoms with E-state index in [0.29, 0.717) is 39.9 Å². The standard InChI is InChI=1S/C36H34Cl4N6O6/c1-18(52-22-9-11-28(47)23(17-22)36(2,3)4)34(48)41-20-7-10-24(38)27(15-20)42-33-31(44-43-21-8-12-29(50-5)30(16-21)51-6)35(49)46(45-33)32-25(39)13-19(37)14-26(32)40/h7-18,42,45,47H,1-6H3,(H,41,48). The molecule has 0 saturated carbocycles. The number of benzene rings is 4. The molecular weight excluding hydrogens is 754 g/mol. The van der Waals surface area contributed by atoms with Crippen LogP contribution in [0.2, 0.25) is 20.1 Å². The minimum atomic E-state index is -0.910. The van der Waals surface area contributed by atoms with Crippen LogP contribution in [-0.2, 0) is 10.2 Å². The lowest BCUT2D eigenvalue weighted by atomic mass is 9.86. The molecule has 0 bridgehead atoms. The molecule has 4 aromatic carbocycles. The molecule has 5 aromatic rings. The van der Waals surface area contributed by atoms with E-state index in [0.717, 1.165) is 4.68 Å². The maximum atomic E-state index is 13.9. The maximum absolute atomic E-state index is 13.9. The van der Waals surface area contributed by atoms with Crippen LogP contribution in [0.15, 0.2) is 81.8 Å². The van der Waals surface area contributed by atoms with Gasteiger partial charge in [0.05, 0.1) is 40.7 Å². The number of phenolic OH excluding ortho intramolecular Hbond substituents is 1. The molecule has 1 unspecified atom stereocenters. The zero-order valence-corrected chi connectivity index (χ0v) is 31.8. The summed E-state index contributed by atoms with van der Waals surface area (Å²) in [6.45, 7) is 7.49. The van der Waals surface area contributed by atoms with E-state index in [1.807, 2.05) is 20.8 Å². The third-order valence-corrected chi connectivity index (χ3v) is 8.78. The minimum absolute atomic E-state index is 0.0698. The number of nitrogens with one attached hydrogen (secondary N) is 3. The van der Waals surface area contributed by atoms with Gasteiger partial charge in [0.25, 0.3) is 5.91 Å². The molecule has 1 amide bonds. The van der Waals surface area contributed by atoms with E-state index in [4.69, 9.17) is 60.6 Å². The second-order valence-electron chi connectivity index (χ2n) is 12.4. The lowest BCUT2D eigenvalue weighted by Gasteiger charge is -2.22. The number of rotatable bonds is 11. The van der Waals surface area contributed by atoms with Gasteiger partial charge in [0.15, 0.2) is 29.1 Å². The highest BCUT2D eigenvalue weighted by atomic mass is 35.5. The molecule has 0 radical (unpaired) electrons. The highest BCUT2D eigenvalue weighted by molar-refractivity contribution is 6.40. The number of carbonyl (C=O) groups is 1. The first kappa shape index (κ1) is 38.4. The Morgan fingerprint density at radius 3 is 2.23 bits per heavy atom. The number of ether oxygens (including phenoxy) is 3. The highest BCUT2D eigenvalue weighted by Gasteiger charge is 2.23. The fourth-order valence-corrected chi connectivity index (χ4v) is 6.18. The predicted molar refractivity (Wildman–Crippen MR) is 205 cm³/mol. The largest absolute Gasteiger partial charge is 0.508 e. The van der Waals surface area contributed by atoms with Crippen LogP contribution in [0.3, 0.4) is 0 Å². The van der Waals surface area contributed by atoms with E-state index in [1.54, 1.807) is 55.5 Å². The molecule has 0 aliphatic rings. The van der Waals surface area contributed by atoms with Crippen LogP contribution in [-0.4, -0.2) is 41.1 Å². The molecule has 52 heavy (non-hydrogen) atoms. The van der Waals surface area contributed by atoms with Gasteiger partial charge in [-0.05, 0) is 73.0 Å². The molecule has 1 aromatic heterocycles. The number of nitrogens with zero attached hydrogens (tertiary/aromatic N) is 3. The molecule has 16 heteroatoms. The minimum Gasteiger partial charge on any atom is -0.508 e. The van der Waals surface area contributed by atoms with Gasteiger partial charge in [0, 0.05) is 22.3 Å². The quantitative estimate of drug-likeness (QED) is 0.0973. The number of hydrogen-bond donors (Lipinski definition) is 4. The van der Waals surface area contributed by atoms with E-state index in [-0.39, 0.29) is 48.4 Å². The van der Waals surface area contributed by atoms with E-state index in [1.165, 1.54) is 32.4 Å². The van der Waals surface area contributed by atoms with Gasteiger partial charge in [-0.2, -0.15) is 5.11 Å². The third-order valence-electron chi connectivity index (χ3n) is 7.66. The molecule has 0 aliphatic heterocycles. The van der Waals surface area contributed by atoms with Crippen molar-refractivity contribution in [1.29, 1.82) is 0 Å². The van der Waals surface area contributed by atoms with Crippen molar-refractivity contribution < 1.29 is 24.1 Å². The van der Waals surface area contributed by atoms with Crippen molar-refractivity contribution in [2.24, 2.45) is 10.2 Å². The van der Waals surface area contributed by atoms with Crippen LogP contribution in [0, 0.1) is 0 Å². The monoisotopic (exact) mass is 786 g/mol. The molecule has 272 valence electrons. The summed E-state index contributed by atoms with van der Waals surface area (Å²) in [5.41, 5.74) is 0.669. The van der Waals surface area contributed by atoms with Crippen LogP contribution in [0.25, 0.3) is 5.69 Å². The van der Waals surface area contributed by atoms with Crippen molar-refractivity contribution in [2.45, 2.75) is 39.2 Å². The number of aromatic nitrogens is 2. The van der Waals surface area contributed by atoms with Crippen LogP contribution in [0.1, 0.15) is 33.3 Å². The summed E-state index contributed by atoms with van der Waals surface area (Å²) in [7, 11) is 2.99. The average Bonchev–Trinajstić information content (AvgIpc) is 3.38. The first-order valence-electron chi connectivity index (χ1n) is 15.6. The number of azo groups is 1.